The minimum atomic E-state index is -5.69. The predicted molar refractivity (Wildman–Crippen MR) is 155 cm³/mol. The van der Waals surface area contributed by atoms with Crippen molar-refractivity contribution in [3.8, 4) is 0 Å². The molecule has 0 spiro atoms. The fourth-order valence-corrected chi connectivity index (χ4v) is 9.89. The predicted octanol–water partition coefficient (Wildman–Crippen LogP) is -0.168. The number of carboxylic acid groups (broad SMARTS) is 1. The molecule has 0 aromatic carbocycles. The number of aliphatic carboxylic acids is 1. The maximum atomic E-state index is 11.9. The first-order valence-corrected chi connectivity index (χ1v) is 19.1. The summed E-state index contributed by atoms with van der Waals surface area (Å²) in [6.07, 6.45) is 0.890. The summed E-state index contributed by atoms with van der Waals surface area (Å²) in [6.45, 7) is -0.920. The van der Waals surface area contributed by atoms with Gasteiger partial charge in [0.05, 0.1) is 24.8 Å². The number of nitrogens with one attached hydrogen (secondary N) is 3. The number of H-pyrrole nitrogens is 1. The Morgan fingerprint density at radius 1 is 1.11 bits per heavy atom. The van der Waals surface area contributed by atoms with Gasteiger partial charge < -0.3 is 45.2 Å². The van der Waals surface area contributed by atoms with E-state index in [1.54, 1.807) is 0 Å². The number of phosphoric ester groups is 1. The maximum absolute atomic E-state index is 11.9. The Labute approximate surface area is 265 Å². The Bertz CT molecular complexity index is 1510. The highest BCUT2D eigenvalue weighted by molar-refractivity contribution is 9.09. The van der Waals surface area contributed by atoms with Crippen molar-refractivity contribution in [2.45, 2.75) is 66.3 Å². The van der Waals surface area contributed by atoms with Crippen molar-refractivity contribution in [2.24, 2.45) is 0 Å². The van der Waals surface area contributed by atoms with E-state index in [-0.39, 0.29) is 31.0 Å². The fraction of sp³-hybridized carbons (Fsp3) is 0.684. The van der Waals surface area contributed by atoms with E-state index in [1.165, 1.54) is 0 Å². The number of carbonyl (C=O) groups is 2. The number of carboxylic acids is 1. The van der Waals surface area contributed by atoms with Crippen LogP contribution in [-0.4, -0.2) is 93.2 Å². The van der Waals surface area contributed by atoms with Crippen molar-refractivity contribution in [3.63, 3.8) is 0 Å². The molecule has 8 atom stereocenters. The number of thioether (sulfide) groups is 1. The van der Waals surface area contributed by atoms with Gasteiger partial charge in [0.1, 0.15) is 6.10 Å². The molecule has 9 N–H and O–H groups in total. The van der Waals surface area contributed by atoms with Crippen molar-refractivity contribution < 1.29 is 71.0 Å². The summed E-state index contributed by atoms with van der Waals surface area (Å²) in [7, 11) is -16.6. The van der Waals surface area contributed by atoms with Crippen LogP contribution in [-0.2, 0) is 41.0 Å². The molecule has 1 aromatic rings. The Hall–Kier alpha value is -1.42. The normalized spacial score (nSPS) is 30.3. The number of hydrogen-bond donors (Lipinski definition) is 9. The molecule has 21 nitrogen and oxygen atoms in total. The summed E-state index contributed by atoms with van der Waals surface area (Å²) in [4.78, 5) is 81.8. The van der Waals surface area contributed by atoms with Crippen LogP contribution in [0.2, 0.25) is 0 Å². The van der Waals surface area contributed by atoms with Crippen molar-refractivity contribution in [2.75, 3.05) is 12.4 Å². The van der Waals surface area contributed by atoms with Crippen LogP contribution in [0, 0.1) is 0 Å². The van der Waals surface area contributed by atoms with Gasteiger partial charge in [-0.25, -0.2) is 23.3 Å². The van der Waals surface area contributed by atoms with Crippen LogP contribution in [0.25, 0.3) is 0 Å². The number of alkyl halides is 1. The van der Waals surface area contributed by atoms with Crippen LogP contribution in [0.15, 0.2) is 21.9 Å². The average Bonchev–Trinajstić information content (AvgIpc) is 3.50. The number of unbranched alkanes of at least 4 members (excludes halogenated alkanes) is 1. The Balaban J connectivity index is 0.000000289. The number of carbonyl (C=O) groups excluding carboxylic acids is 1. The molecular formula is C19H30BrN4O17P3S. The Morgan fingerprint density at radius 2 is 1.80 bits per heavy atom. The summed E-state index contributed by atoms with van der Waals surface area (Å²) in [5, 5.41) is 24.8. The number of aromatic nitrogens is 2. The molecule has 3 fully saturated rings. The number of hydrogen-bond acceptors (Lipinski definition) is 13. The number of phosphoric acid groups is 3. The monoisotopic (exact) mass is 790 g/mol. The number of urea groups is 1. The van der Waals surface area contributed by atoms with E-state index in [1.807, 2.05) is 16.7 Å². The van der Waals surface area contributed by atoms with Crippen LogP contribution in [0.5, 0.6) is 0 Å². The lowest BCUT2D eigenvalue weighted by molar-refractivity contribution is -0.137. The molecule has 0 saturated carbocycles. The summed E-state index contributed by atoms with van der Waals surface area (Å²) < 4.78 is 49.6. The fourth-order valence-electron chi connectivity index (χ4n) is 4.46. The van der Waals surface area contributed by atoms with Crippen LogP contribution in [0.4, 0.5) is 4.79 Å². The van der Waals surface area contributed by atoms with Crippen molar-refractivity contribution in [1.29, 1.82) is 0 Å². The van der Waals surface area contributed by atoms with Crippen molar-refractivity contribution in [1.82, 2.24) is 20.2 Å². The third-order valence-electron chi connectivity index (χ3n) is 6.29. The molecule has 0 radical (unpaired) electrons. The zero-order valence-corrected chi connectivity index (χ0v) is 27.8. The second-order valence-corrected chi connectivity index (χ2v) is 16.7. The van der Waals surface area contributed by atoms with Crippen LogP contribution >= 0.6 is 51.2 Å². The van der Waals surface area contributed by atoms with E-state index in [0.717, 1.165) is 41.8 Å². The molecule has 3 aliphatic rings. The lowest BCUT2D eigenvalue weighted by Gasteiger charge is -2.24. The van der Waals surface area contributed by atoms with E-state index in [9.17, 15) is 42.9 Å². The molecular weight excluding hydrogens is 761 g/mol. The number of aliphatic hydroxyl groups is 1. The van der Waals surface area contributed by atoms with Gasteiger partial charge in [0.25, 0.3) is 5.56 Å². The first-order valence-electron chi connectivity index (χ1n) is 12.7. The average molecular weight is 791 g/mol. The van der Waals surface area contributed by atoms with Gasteiger partial charge in [-0.15, -0.1) is 0 Å². The van der Waals surface area contributed by atoms with Gasteiger partial charge in [0.15, 0.2) is 0 Å². The van der Waals surface area contributed by atoms with E-state index < -0.39 is 64.1 Å². The zero-order chi connectivity index (χ0) is 33.8. The lowest BCUT2D eigenvalue weighted by Crippen LogP contribution is -2.40. The SMILES string of the molecule is O=C(O)CCCC[C@@H]1SC[C@@H]2NC(=O)N[C@@H]21.O=c1ccn([C@@]2(Br)C[C@H](O)[C@@H](COP(=O)(O)OP(=O)(O)OP(=O)(O)O)O2)c(=O)[nH]1. The number of amides is 2. The van der Waals surface area contributed by atoms with Gasteiger partial charge in [-0.2, -0.15) is 20.4 Å². The Morgan fingerprint density at radius 3 is 2.42 bits per heavy atom. The third-order valence-corrected chi connectivity index (χ3v) is 12.5. The standard InChI is InChI=1S/C10H16N2O3S.C9H14BrN2O14P3/c13-8(14)4-2-1-3-7-9-6(5-16-7)11-10(15)12-9;10-9(12-2-1-7(14)11-8(12)15)3-5(13)6(24-9)4-23-28(19,20)26-29(21,22)25-27(16,17)18/h6-7,9H,1-5H2,(H,13,14)(H2,11,12,15);1-2,5-6,13H,3-4H2,(H,19,20)(H,21,22)(H,11,14,15)(H2,16,17,18)/t6-,7-,9-;5-,6+,9-/m00/s1. The molecule has 0 bridgehead atoms. The van der Waals surface area contributed by atoms with Gasteiger partial charge in [-0.05, 0) is 28.8 Å². The highest BCUT2D eigenvalue weighted by atomic mass is 79.9. The van der Waals surface area contributed by atoms with E-state index >= 15 is 0 Å². The minimum Gasteiger partial charge on any atom is -0.481 e. The van der Waals surface area contributed by atoms with Crippen LogP contribution in [0.1, 0.15) is 32.1 Å². The number of halogens is 1. The van der Waals surface area contributed by atoms with Gasteiger partial charge in [-0.1, -0.05) is 6.42 Å². The molecule has 2 unspecified atom stereocenters. The largest absolute Gasteiger partial charge is 0.490 e. The first-order chi connectivity index (χ1) is 20.7. The van der Waals surface area contributed by atoms with E-state index in [2.05, 4.69) is 39.7 Å². The molecule has 26 heteroatoms. The zero-order valence-electron chi connectivity index (χ0n) is 22.7. The maximum Gasteiger partial charge on any atom is 0.490 e. The van der Waals surface area contributed by atoms with Crippen molar-refractivity contribution in [3.05, 3.63) is 33.1 Å². The number of ether oxygens (including phenoxy) is 1. The molecule has 2 amide bonds. The molecule has 0 aliphatic carbocycles. The van der Waals surface area contributed by atoms with Crippen LogP contribution < -0.4 is 21.9 Å². The van der Waals surface area contributed by atoms with Crippen molar-refractivity contribution >= 4 is 63.2 Å². The number of aromatic amines is 1. The molecule has 4 rings (SSSR count). The first kappa shape index (κ1) is 38.0. The van der Waals surface area contributed by atoms with Gasteiger partial charge in [-0.3, -0.25) is 23.7 Å². The summed E-state index contributed by atoms with van der Waals surface area (Å²) in [5.74, 6) is 0.236. The van der Waals surface area contributed by atoms with Gasteiger partial charge in [0, 0.05) is 36.1 Å². The second-order valence-electron chi connectivity index (χ2n) is 9.75. The lowest BCUT2D eigenvalue weighted by atomic mass is 10.0. The second kappa shape index (κ2) is 15.2. The van der Waals surface area contributed by atoms with Gasteiger partial charge >= 0.3 is 41.2 Å². The molecule has 3 saturated heterocycles. The summed E-state index contributed by atoms with van der Waals surface area (Å²) >= 11 is 4.93. The number of nitrogens with zero attached hydrogens (tertiary/aromatic N) is 1. The number of rotatable bonds is 13. The molecule has 3 aliphatic heterocycles. The number of aliphatic hydroxyl groups excluding tert-OH is 1. The molecule has 45 heavy (non-hydrogen) atoms. The Kier molecular flexibility index (Phi) is 12.9. The smallest absolute Gasteiger partial charge is 0.481 e. The topological polar surface area (TPSA) is 323 Å². The summed E-state index contributed by atoms with van der Waals surface area (Å²) in [5.41, 5.74) is -1.58. The quantitative estimate of drug-likeness (QED) is 0.0542. The molecule has 1 aromatic heterocycles. The van der Waals surface area contributed by atoms with Crippen LogP contribution in [0.3, 0.4) is 0 Å². The highest BCUT2D eigenvalue weighted by Crippen LogP contribution is 2.66. The highest BCUT2D eigenvalue weighted by Gasteiger charge is 2.48. The third kappa shape index (κ3) is 11.7. The summed E-state index contributed by atoms with van der Waals surface area (Å²) in [6, 6.07) is 1.44. The van der Waals surface area contributed by atoms with E-state index in [4.69, 9.17) is 24.5 Å². The van der Waals surface area contributed by atoms with E-state index in [0.29, 0.717) is 5.25 Å². The van der Waals surface area contributed by atoms with Gasteiger partial charge in [0.2, 0.25) is 4.63 Å². The number of fused-ring (bicyclic) bond motifs is 1. The molecule has 4 heterocycles. The molecule has 256 valence electrons. The minimum absolute atomic E-state index is 0.0640.